The number of aromatic nitrogens is 4. The van der Waals surface area contributed by atoms with E-state index in [1.807, 2.05) is 14.1 Å². The van der Waals surface area contributed by atoms with E-state index in [4.69, 9.17) is 0 Å². The Kier molecular flexibility index (Phi) is 14.0. The minimum atomic E-state index is 0. The lowest BCUT2D eigenvalue weighted by atomic mass is 10.5. The first-order valence-electron chi connectivity index (χ1n) is 6.67. The molecule has 2 aromatic heterocycles. The van der Waals surface area contributed by atoms with E-state index in [-0.39, 0.29) is 48.0 Å². The molecule has 116 valence electrons. The van der Waals surface area contributed by atoms with Crippen molar-refractivity contribution in [2.45, 2.75) is 39.8 Å². The quantitative estimate of drug-likeness (QED) is 0.295. The highest BCUT2D eigenvalue weighted by atomic mass is 127. The van der Waals surface area contributed by atoms with Crippen molar-refractivity contribution in [2.75, 3.05) is 0 Å². The van der Waals surface area contributed by atoms with Crippen LogP contribution in [0.2, 0.25) is 0 Å². The zero-order chi connectivity index (χ0) is 13.4. The minimum Gasteiger partial charge on any atom is -1.00 e. The molecule has 0 saturated carbocycles. The van der Waals surface area contributed by atoms with Gasteiger partial charge in [0.1, 0.15) is 24.8 Å². The number of halogens is 2. The second kappa shape index (κ2) is 12.6. The smallest absolute Gasteiger partial charge is 0.243 e. The standard InChI is InChI=1S/2C7H13N2.2HI/c2*1-3-4-9-6-5-8(2)7-9;;/h2*5-7H,3-4H2,1-2H3;2*1H/q2*+1;;/p-2. The van der Waals surface area contributed by atoms with E-state index in [0.717, 1.165) is 13.1 Å². The SMILES string of the molecule is CCCn1cc[n+](C)c1.CCCn1cc[n+](C)c1.[I-].[I-]. The van der Waals surface area contributed by atoms with Gasteiger partial charge in [0.2, 0.25) is 12.7 Å². The van der Waals surface area contributed by atoms with Gasteiger partial charge in [-0.3, -0.25) is 0 Å². The molecule has 0 atom stereocenters. The number of hydrogen-bond donors (Lipinski definition) is 0. The monoisotopic (exact) mass is 504 g/mol. The molecule has 0 radical (unpaired) electrons. The molecule has 0 aliphatic carbocycles. The predicted molar refractivity (Wildman–Crippen MR) is 71.8 cm³/mol. The highest BCUT2D eigenvalue weighted by Crippen LogP contribution is 1.86. The molecule has 0 aliphatic rings. The average Bonchev–Trinajstić information content (AvgIpc) is 2.90. The molecule has 0 spiro atoms. The van der Waals surface area contributed by atoms with Crippen LogP contribution in [0.4, 0.5) is 0 Å². The third-order valence-electron chi connectivity index (χ3n) is 2.61. The van der Waals surface area contributed by atoms with Crippen LogP contribution in [0, 0.1) is 0 Å². The van der Waals surface area contributed by atoms with Crippen LogP contribution in [0.1, 0.15) is 26.7 Å². The average molecular weight is 504 g/mol. The van der Waals surface area contributed by atoms with Crippen molar-refractivity contribution < 1.29 is 57.1 Å². The van der Waals surface area contributed by atoms with Crippen molar-refractivity contribution in [2.24, 2.45) is 14.1 Å². The Hall–Kier alpha value is -0.120. The third-order valence-corrected chi connectivity index (χ3v) is 2.61. The Morgan fingerprint density at radius 2 is 1.10 bits per heavy atom. The van der Waals surface area contributed by atoms with Crippen molar-refractivity contribution in [1.82, 2.24) is 9.13 Å². The van der Waals surface area contributed by atoms with Gasteiger partial charge < -0.3 is 48.0 Å². The van der Waals surface area contributed by atoms with Crippen LogP contribution in [0.5, 0.6) is 0 Å². The van der Waals surface area contributed by atoms with E-state index in [0.29, 0.717) is 0 Å². The first-order valence-corrected chi connectivity index (χ1v) is 6.67. The molecule has 0 aromatic carbocycles. The second-order valence-corrected chi connectivity index (χ2v) is 4.63. The van der Waals surface area contributed by atoms with Crippen LogP contribution in [0.3, 0.4) is 0 Å². The number of hydrogen-bond acceptors (Lipinski definition) is 0. The first-order chi connectivity index (χ1) is 8.65. The Bertz CT molecular complexity index is 409. The van der Waals surface area contributed by atoms with Gasteiger partial charge >= 0.3 is 0 Å². The minimum absolute atomic E-state index is 0. The second-order valence-electron chi connectivity index (χ2n) is 4.63. The summed E-state index contributed by atoms with van der Waals surface area (Å²) in [6.45, 7) is 6.61. The van der Waals surface area contributed by atoms with Crippen molar-refractivity contribution in [3.63, 3.8) is 0 Å². The number of rotatable bonds is 4. The Labute approximate surface area is 156 Å². The highest BCUT2D eigenvalue weighted by Gasteiger charge is 1.95. The van der Waals surface area contributed by atoms with Crippen LogP contribution >= 0.6 is 0 Å². The third kappa shape index (κ3) is 8.93. The van der Waals surface area contributed by atoms with E-state index in [9.17, 15) is 0 Å². The molecule has 0 amide bonds. The summed E-state index contributed by atoms with van der Waals surface area (Å²) in [6.07, 6.45) is 14.9. The van der Waals surface area contributed by atoms with Gasteiger partial charge in [0, 0.05) is 0 Å². The van der Waals surface area contributed by atoms with Crippen molar-refractivity contribution >= 4 is 0 Å². The molecule has 0 aliphatic heterocycles. The van der Waals surface area contributed by atoms with Crippen molar-refractivity contribution in [3.8, 4) is 0 Å². The number of imidazole rings is 2. The van der Waals surface area contributed by atoms with Gasteiger partial charge in [0.25, 0.3) is 0 Å². The fourth-order valence-electron chi connectivity index (χ4n) is 1.78. The Morgan fingerprint density at radius 3 is 1.30 bits per heavy atom. The Morgan fingerprint density at radius 1 is 0.750 bits per heavy atom. The number of aryl methyl sites for hydroxylation is 4. The Balaban J connectivity index is 0. The zero-order valence-corrected chi connectivity index (χ0v) is 17.2. The van der Waals surface area contributed by atoms with Crippen molar-refractivity contribution in [3.05, 3.63) is 37.4 Å². The van der Waals surface area contributed by atoms with Gasteiger partial charge in [0.15, 0.2) is 0 Å². The van der Waals surface area contributed by atoms with Gasteiger partial charge in [-0.1, -0.05) is 13.8 Å². The van der Waals surface area contributed by atoms with Crippen LogP contribution in [-0.4, -0.2) is 9.13 Å². The van der Waals surface area contributed by atoms with Crippen LogP contribution in [0.25, 0.3) is 0 Å². The summed E-state index contributed by atoms with van der Waals surface area (Å²) in [4.78, 5) is 0. The molecule has 2 heterocycles. The van der Waals surface area contributed by atoms with E-state index < -0.39 is 0 Å². The first kappa shape index (κ1) is 22.2. The largest absolute Gasteiger partial charge is 1.00 e. The molecule has 4 nitrogen and oxygen atoms in total. The number of nitrogens with zero attached hydrogens (tertiary/aromatic N) is 4. The molecule has 0 saturated heterocycles. The van der Waals surface area contributed by atoms with Gasteiger partial charge in [0.05, 0.1) is 27.2 Å². The summed E-state index contributed by atoms with van der Waals surface area (Å²) in [5.41, 5.74) is 0. The summed E-state index contributed by atoms with van der Waals surface area (Å²) < 4.78 is 8.46. The summed E-state index contributed by atoms with van der Waals surface area (Å²) in [5, 5.41) is 0. The van der Waals surface area contributed by atoms with Crippen LogP contribution < -0.4 is 57.1 Å². The lowest BCUT2D eigenvalue weighted by molar-refractivity contribution is -0.671. The molecule has 0 fully saturated rings. The molecular weight excluding hydrogens is 478 g/mol. The molecule has 0 N–H and O–H groups in total. The molecule has 2 rings (SSSR count). The fraction of sp³-hybridized carbons (Fsp3) is 0.571. The van der Waals surface area contributed by atoms with E-state index in [1.165, 1.54) is 12.8 Å². The molecule has 2 aromatic rings. The molecule has 6 heteroatoms. The zero-order valence-electron chi connectivity index (χ0n) is 12.8. The lowest BCUT2D eigenvalue weighted by Gasteiger charge is -1.86. The van der Waals surface area contributed by atoms with Gasteiger partial charge in [-0.25, -0.2) is 18.3 Å². The van der Waals surface area contributed by atoms with Crippen molar-refractivity contribution in [1.29, 1.82) is 0 Å². The molecule has 0 bridgehead atoms. The topological polar surface area (TPSA) is 17.6 Å². The van der Waals surface area contributed by atoms with Gasteiger partial charge in [-0.2, -0.15) is 0 Å². The molecular formula is C14H26I2N4. The van der Waals surface area contributed by atoms with Crippen LogP contribution in [0.15, 0.2) is 37.4 Å². The predicted octanol–water partition coefficient (Wildman–Crippen LogP) is -4.55. The van der Waals surface area contributed by atoms with Crippen LogP contribution in [-0.2, 0) is 27.2 Å². The fourth-order valence-corrected chi connectivity index (χ4v) is 1.78. The summed E-state index contributed by atoms with van der Waals surface area (Å²) >= 11 is 0. The van der Waals surface area contributed by atoms with E-state index >= 15 is 0 Å². The van der Waals surface area contributed by atoms with E-state index in [2.05, 4.69) is 69.6 Å². The highest BCUT2D eigenvalue weighted by molar-refractivity contribution is 4.65. The summed E-state index contributed by atoms with van der Waals surface area (Å²) in [5.74, 6) is 0. The van der Waals surface area contributed by atoms with Gasteiger partial charge in [-0.15, -0.1) is 0 Å². The maximum Gasteiger partial charge on any atom is 0.243 e. The van der Waals surface area contributed by atoms with Gasteiger partial charge in [-0.05, 0) is 12.8 Å². The lowest BCUT2D eigenvalue weighted by Crippen LogP contribution is -3.00. The summed E-state index contributed by atoms with van der Waals surface area (Å²) in [7, 11) is 4.07. The normalized spacial score (nSPS) is 9.00. The van der Waals surface area contributed by atoms with E-state index in [1.54, 1.807) is 0 Å². The summed E-state index contributed by atoms with van der Waals surface area (Å²) in [6, 6.07) is 0. The molecule has 0 unspecified atom stereocenters. The maximum atomic E-state index is 2.18. The maximum absolute atomic E-state index is 2.18. The molecule has 20 heavy (non-hydrogen) atoms.